The van der Waals surface area contributed by atoms with E-state index >= 15 is 0 Å². The summed E-state index contributed by atoms with van der Waals surface area (Å²) >= 11 is 0. The molecule has 5 N–H and O–H groups in total. The fourth-order valence-corrected chi connectivity index (χ4v) is 4.14. The molecular formula is C30H31ClN4O3. The number of hydrogen-bond donors (Lipinski definition) is 3. The van der Waals surface area contributed by atoms with Crippen LogP contribution in [0.4, 0.5) is 5.69 Å². The van der Waals surface area contributed by atoms with Crippen LogP contribution in [0.15, 0.2) is 103 Å². The number of amidine groups is 1. The van der Waals surface area contributed by atoms with Crippen LogP contribution in [-0.4, -0.2) is 18.9 Å². The van der Waals surface area contributed by atoms with E-state index in [-0.39, 0.29) is 18.2 Å². The highest BCUT2D eigenvalue weighted by Gasteiger charge is 2.28. The third kappa shape index (κ3) is 7.05. The lowest BCUT2D eigenvalue weighted by Gasteiger charge is -2.33. The molecule has 0 aliphatic heterocycles. The summed E-state index contributed by atoms with van der Waals surface area (Å²) in [5.41, 5.74) is 15.7. The van der Waals surface area contributed by atoms with Gasteiger partial charge in [0.1, 0.15) is 30.0 Å². The highest BCUT2D eigenvalue weighted by molar-refractivity contribution is 5.95. The second-order valence-corrected chi connectivity index (χ2v) is 8.60. The molecule has 0 fully saturated rings. The Bertz CT molecular complexity index is 1350. The molecule has 4 rings (SSSR count). The number of nitrogen functional groups attached to an aromatic ring is 1. The number of anilines is 1. The summed E-state index contributed by atoms with van der Waals surface area (Å²) < 4.78 is 11.6. The van der Waals surface area contributed by atoms with Gasteiger partial charge in [0.05, 0.1) is 7.11 Å². The molecule has 1 atom stereocenters. The van der Waals surface area contributed by atoms with Crippen LogP contribution in [-0.2, 0) is 17.9 Å². The van der Waals surface area contributed by atoms with E-state index in [9.17, 15) is 4.79 Å². The lowest BCUT2D eigenvalue weighted by atomic mass is 10.0. The van der Waals surface area contributed by atoms with Crippen LogP contribution in [0.2, 0.25) is 0 Å². The molecule has 0 spiro atoms. The standard InChI is InChI=1S/C30H30N4O3.ClH/c1-36-26-16-24(17-27(18-26)37-20-22-10-6-3-7-11-22)28(30(33)35)34(19-21-8-4-2-5-9-21)25-14-12-23(13-15-25)29(31)32;/h2-18,28H,19-20H2,1H3,(H3,31,32)(H2,33,35);1H. The van der Waals surface area contributed by atoms with Gasteiger partial charge >= 0.3 is 0 Å². The molecule has 0 heterocycles. The number of benzene rings is 4. The van der Waals surface area contributed by atoms with Gasteiger partial charge in [0.25, 0.3) is 0 Å². The highest BCUT2D eigenvalue weighted by atomic mass is 35.5. The number of nitrogens with two attached hydrogens (primary N) is 2. The number of ether oxygens (including phenoxy) is 2. The molecule has 7 nitrogen and oxygen atoms in total. The molecule has 8 heteroatoms. The summed E-state index contributed by atoms with van der Waals surface area (Å²) in [5.74, 6) is 0.573. The van der Waals surface area contributed by atoms with Gasteiger partial charge in [0, 0.05) is 23.9 Å². The predicted octanol–water partition coefficient (Wildman–Crippen LogP) is 5.21. The number of rotatable bonds is 11. The number of primary amides is 1. The second-order valence-electron chi connectivity index (χ2n) is 8.60. The van der Waals surface area contributed by atoms with Crippen molar-refractivity contribution in [3.8, 4) is 11.5 Å². The number of hydrogen-bond acceptors (Lipinski definition) is 5. The molecule has 4 aromatic rings. The Hall–Kier alpha value is -4.49. The molecule has 0 radical (unpaired) electrons. The van der Waals surface area contributed by atoms with Crippen LogP contribution in [0, 0.1) is 5.41 Å². The fraction of sp³-hybridized carbons (Fsp3) is 0.133. The number of carbonyl (C=O) groups excluding carboxylic acids is 1. The molecular weight excluding hydrogens is 500 g/mol. The maximum atomic E-state index is 13.0. The first-order chi connectivity index (χ1) is 17.9. The summed E-state index contributed by atoms with van der Waals surface area (Å²) in [7, 11) is 1.57. The van der Waals surface area contributed by atoms with Gasteiger partial charge in [-0.3, -0.25) is 10.2 Å². The highest BCUT2D eigenvalue weighted by Crippen LogP contribution is 2.34. The summed E-state index contributed by atoms with van der Waals surface area (Å²) in [6, 6.07) is 31.4. The van der Waals surface area contributed by atoms with Crippen LogP contribution < -0.4 is 25.8 Å². The van der Waals surface area contributed by atoms with E-state index in [2.05, 4.69) is 0 Å². The smallest absolute Gasteiger partial charge is 0.244 e. The molecule has 0 saturated heterocycles. The first kappa shape index (κ1) is 28.1. The van der Waals surface area contributed by atoms with Crippen molar-refractivity contribution in [1.82, 2.24) is 0 Å². The number of nitrogens with one attached hydrogen (secondary N) is 1. The van der Waals surface area contributed by atoms with Gasteiger partial charge in [0.2, 0.25) is 5.91 Å². The normalized spacial score (nSPS) is 11.1. The van der Waals surface area contributed by atoms with E-state index < -0.39 is 11.9 Å². The van der Waals surface area contributed by atoms with Gasteiger partial charge in [-0.15, -0.1) is 12.4 Å². The summed E-state index contributed by atoms with van der Waals surface area (Å²) in [5, 5.41) is 7.71. The van der Waals surface area contributed by atoms with Crippen molar-refractivity contribution in [1.29, 1.82) is 5.41 Å². The van der Waals surface area contributed by atoms with E-state index in [0.29, 0.717) is 35.8 Å². The van der Waals surface area contributed by atoms with E-state index in [1.807, 2.05) is 83.8 Å². The van der Waals surface area contributed by atoms with E-state index in [0.717, 1.165) is 16.8 Å². The minimum absolute atomic E-state index is 0. The predicted molar refractivity (Wildman–Crippen MR) is 153 cm³/mol. The largest absolute Gasteiger partial charge is 0.497 e. The maximum absolute atomic E-state index is 13.0. The topological polar surface area (TPSA) is 115 Å². The Morgan fingerprint density at radius 3 is 1.97 bits per heavy atom. The van der Waals surface area contributed by atoms with Crippen LogP contribution in [0.5, 0.6) is 11.5 Å². The lowest BCUT2D eigenvalue weighted by molar-refractivity contribution is -0.119. The van der Waals surface area contributed by atoms with Gasteiger partial charge < -0.3 is 25.8 Å². The summed E-state index contributed by atoms with van der Waals surface area (Å²) in [6.07, 6.45) is 0. The Morgan fingerprint density at radius 2 is 1.42 bits per heavy atom. The van der Waals surface area contributed by atoms with Crippen molar-refractivity contribution < 1.29 is 14.3 Å². The average Bonchev–Trinajstić information content (AvgIpc) is 2.92. The minimum Gasteiger partial charge on any atom is -0.497 e. The average molecular weight is 531 g/mol. The number of carbonyl (C=O) groups is 1. The molecule has 1 unspecified atom stereocenters. The molecule has 196 valence electrons. The van der Waals surface area contributed by atoms with Gasteiger partial charge in [-0.05, 0) is 53.1 Å². The zero-order chi connectivity index (χ0) is 26.2. The molecule has 0 aliphatic rings. The SMILES string of the molecule is COc1cc(OCc2ccccc2)cc(C(C(N)=O)N(Cc2ccccc2)c2ccc(C(=N)N)cc2)c1.Cl. The van der Waals surface area contributed by atoms with Gasteiger partial charge in [-0.1, -0.05) is 60.7 Å². The zero-order valence-corrected chi connectivity index (χ0v) is 21.9. The lowest BCUT2D eigenvalue weighted by Crippen LogP contribution is -2.37. The molecule has 1 amide bonds. The van der Waals surface area contributed by atoms with Crippen LogP contribution >= 0.6 is 12.4 Å². The second kappa shape index (κ2) is 13.2. The van der Waals surface area contributed by atoms with Gasteiger partial charge in [-0.25, -0.2) is 0 Å². The number of methoxy groups -OCH3 is 1. The van der Waals surface area contributed by atoms with Gasteiger partial charge in [0.15, 0.2) is 0 Å². The van der Waals surface area contributed by atoms with Crippen LogP contribution in [0.25, 0.3) is 0 Å². The van der Waals surface area contributed by atoms with Crippen molar-refractivity contribution in [3.05, 3.63) is 125 Å². The zero-order valence-electron chi connectivity index (χ0n) is 21.0. The third-order valence-electron chi connectivity index (χ3n) is 5.99. The van der Waals surface area contributed by atoms with Crippen molar-refractivity contribution in [2.24, 2.45) is 11.5 Å². The Kier molecular flexibility index (Phi) is 9.73. The molecule has 0 aliphatic carbocycles. The number of nitrogens with zero attached hydrogens (tertiary/aromatic N) is 1. The third-order valence-corrected chi connectivity index (χ3v) is 5.99. The van der Waals surface area contributed by atoms with E-state index in [4.69, 9.17) is 26.4 Å². The molecule has 4 aromatic carbocycles. The number of halogens is 1. The minimum atomic E-state index is -0.822. The first-order valence-electron chi connectivity index (χ1n) is 11.8. The Balaban J connectivity index is 0.00000400. The molecule has 0 bridgehead atoms. The van der Waals surface area contributed by atoms with Crippen molar-refractivity contribution in [3.63, 3.8) is 0 Å². The molecule has 38 heavy (non-hydrogen) atoms. The van der Waals surface area contributed by atoms with E-state index in [1.54, 1.807) is 31.4 Å². The van der Waals surface area contributed by atoms with Crippen LogP contribution in [0.3, 0.4) is 0 Å². The Labute approximate surface area is 228 Å². The van der Waals surface area contributed by atoms with E-state index in [1.165, 1.54) is 0 Å². The quantitative estimate of drug-likeness (QED) is 0.182. The summed E-state index contributed by atoms with van der Waals surface area (Å²) in [4.78, 5) is 14.9. The van der Waals surface area contributed by atoms with Crippen molar-refractivity contribution in [2.75, 3.05) is 12.0 Å². The van der Waals surface area contributed by atoms with Gasteiger partial charge in [-0.2, -0.15) is 0 Å². The number of amides is 1. The summed E-state index contributed by atoms with van der Waals surface area (Å²) in [6.45, 7) is 0.792. The molecule has 0 saturated carbocycles. The van der Waals surface area contributed by atoms with Crippen molar-refractivity contribution >= 4 is 29.8 Å². The fourth-order valence-electron chi connectivity index (χ4n) is 4.14. The monoisotopic (exact) mass is 530 g/mol. The Morgan fingerprint density at radius 1 is 0.842 bits per heavy atom. The molecule has 0 aromatic heterocycles. The maximum Gasteiger partial charge on any atom is 0.244 e. The van der Waals surface area contributed by atoms with Crippen LogP contribution in [0.1, 0.15) is 28.3 Å². The first-order valence-corrected chi connectivity index (χ1v) is 11.8. The van der Waals surface area contributed by atoms with Crippen molar-refractivity contribution in [2.45, 2.75) is 19.2 Å².